The molecular formula is C18H26N2O3. The van der Waals surface area contributed by atoms with Crippen molar-refractivity contribution < 1.29 is 14.6 Å². The van der Waals surface area contributed by atoms with Crippen molar-refractivity contribution in [1.82, 2.24) is 5.32 Å². The summed E-state index contributed by atoms with van der Waals surface area (Å²) in [6, 6.07) is 6.16. The summed E-state index contributed by atoms with van der Waals surface area (Å²) in [4.78, 5) is 11.8. The number of nitrogens with one attached hydrogen (secondary N) is 2. The van der Waals surface area contributed by atoms with Crippen LogP contribution in [-0.2, 0) is 4.79 Å². The van der Waals surface area contributed by atoms with Crippen LogP contribution >= 0.6 is 0 Å². The SMILES string of the molecule is CCC1Oc2cc(C(C)NC3CCCCC3O)ccc2NC1=O. The molecule has 0 aromatic heterocycles. The van der Waals surface area contributed by atoms with Crippen LogP contribution in [0.2, 0.25) is 0 Å². The molecule has 1 aliphatic carbocycles. The highest BCUT2D eigenvalue weighted by Gasteiger charge is 2.28. The van der Waals surface area contributed by atoms with E-state index >= 15 is 0 Å². The number of amides is 1. The van der Waals surface area contributed by atoms with Crippen LogP contribution in [0.5, 0.6) is 5.75 Å². The molecule has 3 rings (SSSR count). The number of rotatable bonds is 4. The molecule has 2 aliphatic rings. The minimum absolute atomic E-state index is 0.0794. The number of carbonyl (C=O) groups excluding carboxylic acids is 1. The molecule has 4 unspecified atom stereocenters. The van der Waals surface area contributed by atoms with Gasteiger partial charge in [0.2, 0.25) is 0 Å². The van der Waals surface area contributed by atoms with E-state index in [0.717, 1.165) is 36.3 Å². The molecule has 1 aromatic carbocycles. The third-order valence-corrected chi connectivity index (χ3v) is 4.89. The normalized spacial score (nSPS) is 28.5. The van der Waals surface area contributed by atoms with Crippen molar-refractivity contribution in [2.24, 2.45) is 0 Å². The number of ether oxygens (including phenoxy) is 1. The second kappa shape index (κ2) is 6.89. The van der Waals surface area contributed by atoms with Gasteiger partial charge in [-0.2, -0.15) is 0 Å². The predicted octanol–water partition coefficient (Wildman–Crippen LogP) is 2.75. The number of benzene rings is 1. The highest BCUT2D eigenvalue weighted by Crippen LogP contribution is 2.33. The second-order valence-corrected chi connectivity index (χ2v) is 6.61. The predicted molar refractivity (Wildman–Crippen MR) is 89.6 cm³/mol. The lowest BCUT2D eigenvalue weighted by molar-refractivity contribution is -0.123. The number of aliphatic hydroxyl groups excluding tert-OH is 1. The molecule has 3 N–H and O–H groups in total. The van der Waals surface area contributed by atoms with Crippen LogP contribution in [0.1, 0.15) is 57.6 Å². The molecular weight excluding hydrogens is 292 g/mol. The highest BCUT2D eigenvalue weighted by molar-refractivity contribution is 5.97. The van der Waals surface area contributed by atoms with Crippen LogP contribution in [0.25, 0.3) is 0 Å². The number of hydrogen-bond donors (Lipinski definition) is 3. The van der Waals surface area contributed by atoms with Crippen molar-refractivity contribution in [3.8, 4) is 5.75 Å². The zero-order chi connectivity index (χ0) is 16.4. The molecule has 0 saturated heterocycles. The van der Waals surface area contributed by atoms with Crippen LogP contribution in [-0.4, -0.2) is 29.3 Å². The van der Waals surface area contributed by atoms with E-state index in [9.17, 15) is 9.90 Å². The first-order chi connectivity index (χ1) is 11.1. The van der Waals surface area contributed by atoms with E-state index in [1.807, 2.05) is 25.1 Å². The summed E-state index contributed by atoms with van der Waals surface area (Å²) in [5.74, 6) is 0.649. The van der Waals surface area contributed by atoms with Crippen molar-refractivity contribution in [2.45, 2.75) is 70.2 Å². The fraction of sp³-hybridized carbons (Fsp3) is 0.611. The van der Waals surface area contributed by atoms with Crippen LogP contribution in [0, 0.1) is 0 Å². The topological polar surface area (TPSA) is 70.6 Å². The van der Waals surface area contributed by atoms with E-state index in [-0.39, 0.29) is 24.1 Å². The van der Waals surface area contributed by atoms with Gasteiger partial charge in [-0.3, -0.25) is 4.79 Å². The first-order valence-electron chi connectivity index (χ1n) is 8.64. The van der Waals surface area contributed by atoms with Gasteiger partial charge in [0.15, 0.2) is 6.10 Å². The Labute approximate surface area is 137 Å². The van der Waals surface area contributed by atoms with Crippen LogP contribution < -0.4 is 15.4 Å². The Bertz CT molecular complexity index is 575. The van der Waals surface area contributed by atoms with Gasteiger partial charge in [0, 0.05) is 12.1 Å². The Morgan fingerprint density at radius 1 is 1.39 bits per heavy atom. The van der Waals surface area contributed by atoms with Crippen LogP contribution in [0.15, 0.2) is 18.2 Å². The quantitative estimate of drug-likeness (QED) is 0.798. The largest absolute Gasteiger partial charge is 0.478 e. The summed E-state index contributed by atoms with van der Waals surface area (Å²) in [5, 5.41) is 16.5. The molecule has 0 radical (unpaired) electrons. The highest BCUT2D eigenvalue weighted by atomic mass is 16.5. The third kappa shape index (κ3) is 3.51. The summed E-state index contributed by atoms with van der Waals surface area (Å²) >= 11 is 0. The van der Waals surface area contributed by atoms with Gasteiger partial charge in [-0.25, -0.2) is 0 Å². The lowest BCUT2D eigenvalue weighted by atomic mass is 9.91. The molecule has 126 valence electrons. The Hall–Kier alpha value is -1.59. The molecule has 1 amide bonds. The van der Waals surface area contributed by atoms with Crippen molar-refractivity contribution in [3.63, 3.8) is 0 Å². The van der Waals surface area contributed by atoms with Gasteiger partial charge in [0.05, 0.1) is 11.8 Å². The zero-order valence-electron chi connectivity index (χ0n) is 13.8. The zero-order valence-corrected chi connectivity index (χ0v) is 13.8. The van der Waals surface area contributed by atoms with Gasteiger partial charge in [-0.05, 0) is 43.9 Å². The van der Waals surface area contributed by atoms with Gasteiger partial charge >= 0.3 is 0 Å². The Morgan fingerprint density at radius 3 is 2.91 bits per heavy atom. The number of hydrogen-bond acceptors (Lipinski definition) is 4. The number of fused-ring (bicyclic) bond motifs is 1. The Kier molecular flexibility index (Phi) is 4.87. The summed E-state index contributed by atoms with van der Waals surface area (Å²) in [6.07, 6.45) is 4.14. The Morgan fingerprint density at radius 2 is 2.17 bits per heavy atom. The monoisotopic (exact) mass is 318 g/mol. The molecule has 1 aliphatic heterocycles. The standard InChI is InChI=1S/C18H26N2O3/c1-3-16-18(22)20-14-9-8-12(10-17(14)23-16)11(2)19-13-6-4-5-7-15(13)21/h8-11,13,15-16,19,21H,3-7H2,1-2H3,(H,20,22). The van der Waals surface area contributed by atoms with Crippen molar-refractivity contribution in [1.29, 1.82) is 0 Å². The fourth-order valence-corrected chi connectivity index (χ4v) is 3.42. The van der Waals surface area contributed by atoms with Gasteiger partial charge in [0.1, 0.15) is 5.75 Å². The van der Waals surface area contributed by atoms with Gasteiger partial charge in [0.25, 0.3) is 5.91 Å². The minimum atomic E-state index is -0.416. The van der Waals surface area contributed by atoms with Crippen molar-refractivity contribution in [3.05, 3.63) is 23.8 Å². The van der Waals surface area contributed by atoms with E-state index in [1.165, 1.54) is 6.42 Å². The number of anilines is 1. The Balaban J connectivity index is 1.72. The molecule has 0 spiro atoms. The third-order valence-electron chi connectivity index (χ3n) is 4.89. The molecule has 4 atom stereocenters. The summed E-state index contributed by atoms with van der Waals surface area (Å²) in [6.45, 7) is 4.04. The molecule has 5 nitrogen and oxygen atoms in total. The summed E-state index contributed by atoms with van der Waals surface area (Å²) < 4.78 is 5.81. The first kappa shape index (κ1) is 16.3. The summed E-state index contributed by atoms with van der Waals surface area (Å²) in [5.41, 5.74) is 1.83. The van der Waals surface area contributed by atoms with Crippen LogP contribution in [0.4, 0.5) is 5.69 Å². The molecule has 1 fully saturated rings. The van der Waals surface area contributed by atoms with E-state index in [1.54, 1.807) is 0 Å². The maximum atomic E-state index is 11.8. The summed E-state index contributed by atoms with van der Waals surface area (Å²) in [7, 11) is 0. The average Bonchev–Trinajstić information content (AvgIpc) is 2.55. The van der Waals surface area contributed by atoms with Crippen molar-refractivity contribution >= 4 is 11.6 Å². The molecule has 0 bridgehead atoms. The van der Waals surface area contributed by atoms with Crippen LogP contribution in [0.3, 0.4) is 0 Å². The number of carbonyl (C=O) groups is 1. The first-order valence-corrected chi connectivity index (χ1v) is 8.64. The smallest absolute Gasteiger partial charge is 0.265 e. The van der Waals surface area contributed by atoms with Gasteiger partial charge in [-0.15, -0.1) is 0 Å². The second-order valence-electron chi connectivity index (χ2n) is 6.61. The molecule has 1 heterocycles. The van der Waals surface area contributed by atoms with Gasteiger partial charge < -0.3 is 20.5 Å². The molecule has 1 saturated carbocycles. The minimum Gasteiger partial charge on any atom is -0.478 e. The van der Waals surface area contributed by atoms with Gasteiger partial charge in [-0.1, -0.05) is 25.8 Å². The fourth-order valence-electron chi connectivity index (χ4n) is 3.42. The molecule has 1 aromatic rings. The average molecular weight is 318 g/mol. The van der Waals surface area contributed by atoms with Crippen molar-refractivity contribution in [2.75, 3.05) is 5.32 Å². The lowest BCUT2D eigenvalue weighted by Gasteiger charge is -2.32. The number of aliphatic hydroxyl groups is 1. The molecule has 5 heteroatoms. The molecule has 23 heavy (non-hydrogen) atoms. The van der Waals surface area contributed by atoms with E-state index in [2.05, 4.69) is 17.6 Å². The maximum Gasteiger partial charge on any atom is 0.265 e. The van der Waals surface area contributed by atoms with E-state index in [0.29, 0.717) is 6.42 Å². The van der Waals surface area contributed by atoms with E-state index in [4.69, 9.17) is 4.74 Å². The lowest BCUT2D eigenvalue weighted by Crippen LogP contribution is -2.43. The van der Waals surface area contributed by atoms with E-state index < -0.39 is 6.10 Å². The maximum absolute atomic E-state index is 11.8.